The first kappa shape index (κ1) is 19.8. The molecule has 0 aliphatic carbocycles. The van der Waals surface area contributed by atoms with Gasteiger partial charge in [0.05, 0.1) is 25.6 Å². The number of ether oxygens (including phenoxy) is 2. The van der Waals surface area contributed by atoms with Crippen molar-refractivity contribution in [3.05, 3.63) is 53.2 Å². The maximum Gasteiger partial charge on any atom is 0.207 e. The Hall–Kier alpha value is -3.46. The zero-order chi connectivity index (χ0) is 21.3. The van der Waals surface area contributed by atoms with Crippen LogP contribution in [0.15, 0.2) is 36.4 Å². The molecule has 1 N–H and O–H groups in total. The van der Waals surface area contributed by atoms with Gasteiger partial charge in [0, 0.05) is 35.4 Å². The van der Waals surface area contributed by atoms with Crippen LogP contribution in [0.25, 0.3) is 17.2 Å². The van der Waals surface area contributed by atoms with Crippen LogP contribution in [0.5, 0.6) is 11.5 Å². The number of benzene rings is 2. The predicted octanol–water partition coefficient (Wildman–Crippen LogP) is 4.47. The number of hydrogen-bond donors (Lipinski definition) is 1. The van der Waals surface area contributed by atoms with E-state index in [1.54, 1.807) is 18.9 Å². The Morgan fingerprint density at radius 3 is 2.33 bits per heavy atom. The van der Waals surface area contributed by atoms with Gasteiger partial charge >= 0.3 is 0 Å². The second-order valence-electron chi connectivity index (χ2n) is 6.85. The Kier molecular flexibility index (Phi) is 5.37. The quantitative estimate of drug-likeness (QED) is 0.490. The minimum absolute atomic E-state index is 0.532. The topological polar surface area (TPSA) is 87.0 Å². The van der Waals surface area contributed by atoms with Crippen LogP contribution in [0, 0.1) is 20.8 Å². The molecule has 0 bridgehead atoms. The zero-order valence-corrected chi connectivity index (χ0v) is 18.2. The largest absolute Gasteiger partial charge is 0.497 e. The van der Waals surface area contributed by atoms with E-state index in [0.717, 1.165) is 17.1 Å². The molecule has 0 atom stereocenters. The third kappa shape index (κ3) is 3.84. The summed E-state index contributed by atoms with van der Waals surface area (Å²) in [7, 11) is 3.23. The molecule has 0 amide bonds. The van der Waals surface area contributed by atoms with Crippen molar-refractivity contribution in [1.29, 1.82) is 0 Å². The fourth-order valence-electron chi connectivity index (χ4n) is 3.01. The second kappa shape index (κ2) is 8.11. The van der Waals surface area contributed by atoms with Gasteiger partial charge in [0.25, 0.3) is 0 Å². The Balaban J connectivity index is 1.62. The molecule has 2 aromatic carbocycles. The van der Waals surface area contributed by atoms with Crippen molar-refractivity contribution >= 4 is 22.4 Å². The first-order valence-electron chi connectivity index (χ1n) is 9.32. The third-order valence-electron chi connectivity index (χ3n) is 4.87. The summed E-state index contributed by atoms with van der Waals surface area (Å²) in [6, 6.07) is 11.8. The molecule has 0 saturated heterocycles. The van der Waals surface area contributed by atoms with Crippen molar-refractivity contribution < 1.29 is 9.47 Å². The molecule has 0 fully saturated rings. The summed E-state index contributed by atoms with van der Waals surface area (Å²) in [6.45, 7) is 6.10. The molecule has 30 heavy (non-hydrogen) atoms. The molecule has 0 aliphatic heterocycles. The number of aromatic nitrogens is 5. The van der Waals surface area contributed by atoms with E-state index >= 15 is 0 Å². The average Bonchev–Trinajstić information content (AvgIpc) is 3.36. The predicted molar refractivity (Wildman–Crippen MR) is 117 cm³/mol. The Labute approximate surface area is 178 Å². The molecular formula is C21H22N6O2S. The lowest BCUT2D eigenvalue weighted by Crippen LogP contribution is -2.01. The molecule has 0 spiro atoms. The number of aryl methyl sites for hydroxylation is 2. The van der Waals surface area contributed by atoms with Crippen LogP contribution in [0.4, 0.5) is 10.8 Å². The van der Waals surface area contributed by atoms with Gasteiger partial charge in [-0.3, -0.25) is 0 Å². The van der Waals surface area contributed by atoms with Crippen LogP contribution in [0.3, 0.4) is 0 Å². The van der Waals surface area contributed by atoms with Crippen molar-refractivity contribution in [3.63, 3.8) is 0 Å². The van der Waals surface area contributed by atoms with Crippen molar-refractivity contribution in [2.45, 2.75) is 20.8 Å². The van der Waals surface area contributed by atoms with E-state index in [4.69, 9.17) is 9.47 Å². The second-order valence-corrected chi connectivity index (χ2v) is 7.61. The first-order valence-corrected chi connectivity index (χ1v) is 10.1. The van der Waals surface area contributed by atoms with Crippen molar-refractivity contribution in [3.8, 4) is 28.7 Å². The maximum atomic E-state index is 5.35. The lowest BCUT2D eigenvalue weighted by molar-refractivity contribution is 0.393. The minimum Gasteiger partial charge on any atom is -0.497 e. The lowest BCUT2D eigenvalue weighted by Gasteiger charge is -2.09. The summed E-state index contributed by atoms with van der Waals surface area (Å²) in [4.78, 5) is 4.59. The van der Waals surface area contributed by atoms with E-state index in [1.807, 2.05) is 31.2 Å². The highest BCUT2D eigenvalue weighted by Gasteiger charge is 2.18. The molecule has 0 unspecified atom stereocenters. The van der Waals surface area contributed by atoms with Gasteiger partial charge < -0.3 is 14.8 Å². The van der Waals surface area contributed by atoms with Crippen LogP contribution in [-0.2, 0) is 0 Å². The van der Waals surface area contributed by atoms with Gasteiger partial charge in [-0.05, 0) is 44.0 Å². The molecule has 154 valence electrons. The summed E-state index contributed by atoms with van der Waals surface area (Å²) in [5.41, 5.74) is 5.68. The molecule has 2 heterocycles. The fourth-order valence-corrected chi connectivity index (χ4v) is 3.60. The summed E-state index contributed by atoms with van der Waals surface area (Å²) in [5, 5.41) is 12.6. The van der Waals surface area contributed by atoms with Crippen LogP contribution in [-0.4, -0.2) is 38.6 Å². The van der Waals surface area contributed by atoms with Gasteiger partial charge in [-0.25, -0.2) is 4.68 Å². The van der Waals surface area contributed by atoms with E-state index in [1.165, 1.54) is 22.7 Å². The lowest BCUT2D eigenvalue weighted by atomic mass is 10.1. The summed E-state index contributed by atoms with van der Waals surface area (Å²) < 4.78 is 16.9. The highest BCUT2D eigenvalue weighted by molar-refractivity contribution is 7.09. The molecule has 8 nitrogen and oxygen atoms in total. The van der Waals surface area contributed by atoms with Gasteiger partial charge in [-0.2, -0.15) is 9.36 Å². The first-order chi connectivity index (χ1) is 14.5. The summed E-state index contributed by atoms with van der Waals surface area (Å²) in [5.74, 6) is 1.88. The number of nitrogens with zero attached hydrogens (tertiary/aromatic N) is 5. The Bertz CT molecular complexity index is 1180. The standard InChI is InChI=1S/C21H22N6O2S/c1-12-6-7-15(8-13(12)2)22-21-23-20(25-30-21)19-14(3)27(26-24-19)16-9-17(28-4)11-18(10-16)29-5/h6-11H,1-5H3,(H,22,23,25). The number of nitrogens with one attached hydrogen (secondary N) is 1. The molecule has 4 aromatic rings. The van der Waals surface area contributed by atoms with Crippen molar-refractivity contribution in [1.82, 2.24) is 24.4 Å². The molecular weight excluding hydrogens is 400 g/mol. The van der Waals surface area contributed by atoms with E-state index in [9.17, 15) is 0 Å². The Morgan fingerprint density at radius 2 is 1.67 bits per heavy atom. The monoisotopic (exact) mass is 422 g/mol. The van der Waals surface area contributed by atoms with E-state index < -0.39 is 0 Å². The van der Waals surface area contributed by atoms with Gasteiger partial charge in [0.15, 0.2) is 11.5 Å². The van der Waals surface area contributed by atoms with E-state index in [-0.39, 0.29) is 0 Å². The highest BCUT2D eigenvalue weighted by atomic mass is 32.1. The van der Waals surface area contributed by atoms with Gasteiger partial charge in [0.2, 0.25) is 5.13 Å². The zero-order valence-electron chi connectivity index (χ0n) is 17.4. The van der Waals surface area contributed by atoms with Gasteiger partial charge in [0.1, 0.15) is 11.5 Å². The molecule has 0 radical (unpaired) electrons. The number of rotatable bonds is 6. The number of methoxy groups -OCH3 is 2. The molecule has 2 aromatic heterocycles. The van der Waals surface area contributed by atoms with Crippen LogP contribution in [0.2, 0.25) is 0 Å². The maximum absolute atomic E-state index is 5.35. The SMILES string of the molecule is COc1cc(OC)cc(-n2nnc(-c3nsc(Nc4ccc(C)c(C)c4)n3)c2C)c1. The molecule has 0 saturated carbocycles. The van der Waals surface area contributed by atoms with Crippen molar-refractivity contribution in [2.24, 2.45) is 0 Å². The normalized spacial score (nSPS) is 10.8. The van der Waals surface area contributed by atoms with Crippen LogP contribution < -0.4 is 14.8 Å². The third-order valence-corrected chi connectivity index (χ3v) is 5.50. The van der Waals surface area contributed by atoms with E-state index in [2.05, 4.69) is 51.0 Å². The van der Waals surface area contributed by atoms with Gasteiger partial charge in [-0.15, -0.1) is 5.10 Å². The fraction of sp³-hybridized carbons (Fsp3) is 0.238. The Morgan fingerprint density at radius 1 is 0.933 bits per heavy atom. The number of anilines is 2. The number of hydrogen-bond acceptors (Lipinski definition) is 8. The summed E-state index contributed by atoms with van der Waals surface area (Å²) in [6.07, 6.45) is 0. The smallest absolute Gasteiger partial charge is 0.207 e. The van der Waals surface area contributed by atoms with Crippen molar-refractivity contribution in [2.75, 3.05) is 19.5 Å². The molecule has 4 rings (SSSR count). The van der Waals surface area contributed by atoms with Gasteiger partial charge in [-0.1, -0.05) is 11.3 Å². The molecule has 9 heteroatoms. The summed E-state index contributed by atoms with van der Waals surface area (Å²) >= 11 is 1.29. The minimum atomic E-state index is 0.532. The average molecular weight is 423 g/mol. The molecule has 0 aliphatic rings. The van der Waals surface area contributed by atoms with E-state index in [0.29, 0.717) is 28.1 Å². The highest BCUT2D eigenvalue weighted by Crippen LogP contribution is 2.29. The van der Waals surface area contributed by atoms with Crippen LogP contribution in [0.1, 0.15) is 16.8 Å². The van der Waals surface area contributed by atoms with Crippen LogP contribution >= 0.6 is 11.5 Å².